The first-order valence-electron chi connectivity index (χ1n) is 9.10. The van der Waals surface area contributed by atoms with Crippen molar-refractivity contribution in [2.45, 2.75) is 18.9 Å². The Labute approximate surface area is 171 Å². The summed E-state index contributed by atoms with van der Waals surface area (Å²) >= 11 is 12.3. The van der Waals surface area contributed by atoms with Crippen molar-refractivity contribution in [1.82, 2.24) is 15.6 Å². The van der Waals surface area contributed by atoms with Gasteiger partial charge in [0.15, 0.2) is 5.58 Å². The fourth-order valence-electron chi connectivity index (χ4n) is 3.67. The number of halogens is 2. The number of oxazole rings is 1. The van der Waals surface area contributed by atoms with Crippen molar-refractivity contribution in [1.29, 1.82) is 0 Å². The minimum Gasteiger partial charge on any atom is -0.408 e. The average Bonchev–Trinajstić information content (AvgIpc) is 3.08. The van der Waals surface area contributed by atoms with Crippen molar-refractivity contribution in [3.05, 3.63) is 68.1 Å². The van der Waals surface area contributed by atoms with Gasteiger partial charge in [-0.15, -0.1) is 0 Å². The van der Waals surface area contributed by atoms with E-state index in [2.05, 4.69) is 15.6 Å². The zero-order valence-electron chi connectivity index (χ0n) is 14.9. The lowest BCUT2D eigenvalue weighted by atomic mass is 9.85. The molecule has 6 nitrogen and oxygen atoms in total. The van der Waals surface area contributed by atoms with E-state index in [1.54, 1.807) is 24.3 Å². The maximum Gasteiger partial charge on any atom is 0.417 e. The van der Waals surface area contributed by atoms with E-state index in [1.165, 1.54) is 0 Å². The highest BCUT2D eigenvalue weighted by atomic mass is 35.5. The van der Waals surface area contributed by atoms with Gasteiger partial charge < -0.3 is 15.1 Å². The van der Waals surface area contributed by atoms with E-state index in [4.69, 9.17) is 27.6 Å². The largest absolute Gasteiger partial charge is 0.417 e. The summed E-state index contributed by atoms with van der Waals surface area (Å²) < 4.78 is 5.06. The van der Waals surface area contributed by atoms with Gasteiger partial charge in [-0.3, -0.25) is 9.78 Å². The zero-order valence-corrected chi connectivity index (χ0v) is 16.4. The molecule has 0 bridgehead atoms. The van der Waals surface area contributed by atoms with Crippen LogP contribution in [0.25, 0.3) is 11.1 Å². The van der Waals surface area contributed by atoms with E-state index in [9.17, 15) is 9.59 Å². The molecule has 8 heteroatoms. The molecule has 1 amide bonds. The third-order valence-electron chi connectivity index (χ3n) is 5.13. The van der Waals surface area contributed by atoms with Gasteiger partial charge in [-0.2, -0.15) is 0 Å². The quantitative estimate of drug-likeness (QED) is 0.598. The second-order valence-corrected chi connectivity index (χ2v) is 7.75. The Morgan fingerprint density at radius 2 is 1.89 bits per heavy atom. The number of amides is 1. The average molecular weight is 420 g/mol. The third kappa shape index (κ3) is 3.94. The standard InChI is InChI=1S/C20H19Cl2N3O3/c21-14-3-1-12(9-15(14)22)18(11-5-7-23-8-6-11)25-19(26)13-2-4-16-17(10-13)28-20(27)24-16/h1-4,9-11,18,23H,5-8H2,(H,24,27)(H,25,26). The van der Waals surface area contributed by atoms with Crippen molar-refractivity contribution in [3.63, 3.8) is 0 Å². The number of benzene rings is 2. The van der Waals surface area contributed by atoms with Crippen LogP contribution in [0.5, 0.6) is 0 Å². The van der Waals surface area contributed by atoms with Crippen LogP contribution in [0.15, 0.2) is 45.6 Å². The van der Waals surface area contributed by atoms with Gasteiger partial charge in [0, 0.05) is 5.56 Å². The lowest BCUT2D eigenvalue weighted by Crippen LogP contribution is -2.38. The molecule has 146 valence electrons. The molecule has 3 N–H and O–H groups in total. The lowest BCUT2D eigenvalue weighted by molar-refractivity contribution is 0.0914. The Morgan fingerprint density at radius 3 is 2.64 bits per heavy atom. The molecule has 28 heavy (non-hydrogen) atoms. The summed E-state index contributed by atoms with van der Waals surface area (Å²) in [6.07, 6.45) is 1.88. The lowest BCUT2D eigenvalue weighted by Gasteiger charge is -2.32. The predicted molar refractivity (Wildman–Crippen MR) is 109 cm³/mol. The molecule has 1 fully saturated rings. The first-order valence-corrected chi connectivity index (χ1v) is 9.86. The molecular weight excluding hydrogens is 401 g/mol. The van der Waals surface area contributed by atoms with Gasteiger partial charge >= 0.3 is 5.76 Å². The fourth-order valence-corrected chi connectivity index (χ4v) is 3.97. The minimum absolute atomic E-state index is 0.196. The number of hydrogen-bond acceptors (Lipinski definition) is 4. The van der Waals surface area contributed by atoms with E-state index in [0.29, 0.717) is 26.7 Å². The van der Waals surface area contributed by atoms with E-state index in [-0.39, 0.29) is 17.9 Å². The number of piperidine rings is 1. The van der Waals surface area contributed by atoms with Crippen LogP contribution in [-0.2, 0) is 0 Å². The first kappa shape index (κ1) is 19.1. The van der Waals surface area contributed by atoms with Crippen LogP contribution < -0.4 is 16.4 Å². The smallest absolute Gasteiger partial charge is 0.408 e. The highest BCUT2D eigenvalue weighted by Crippen LogP contribution is 2.33. The summed E-state index contributed by atoms with van der Waals surface area (Å²) in [4.78, 5) is 26.9. The summed E-state index contributed by atoms with van der Waals surface area (Å²) in [5, 5.41) is 7.42. The highest BCUT2D eigenvalue weighted by molar-refractivity contribution is 6.42. The Morgan fingerprint density at radius 1 is 1.11 bits per heavy atom. The van der Waals surface area contributed by atoms with E-state index >= 15 is 0 Å². The molecule has 2 aromatic carbocycles. The van der Waals surface area contributed by atoms with Crippen molar-refractivity contribution in [2.75, 3.05) is 13.1 Å². The molecule has 0 spiro atoms. The number of fused-ring (bicyclic) bond motifs is 1. The van der Waals surface area contributed by atoms with Crippen molar-refractivity contribution in [3.8, 4) is 0 Å². The topological polar surface area (TPSA) is 87.1 Å². The van der Waals surface area contributed by atoms with Crippen LogP contribution in [0, 0.1) is 5.92 Å². The molecule has 1 aliphatic heterocycles. The number of H-pyrrole nitrogens is 1. The number of carbonyl (C=O) groups excluding carboxylic acids is 1. The molecule has 0 radical (unpaired) electrons. The molecule has 3 aromatic rings. The van der Waals surface area contributed by atoms with Crippen LogP contribution >= 0.6 is 23.2 Å². The van der Waals surface area contributed by atoms with Crippen LogP contribution in [0.2, 0.25) is 10.0 Å². The molecule has 1 saturated heterocycles. The summed E-state index contributed by atoms with van der Waals surface area (Å²) in [6.45, 7) is 1.80. The Balaban J connectivity index is 1.64. The second kappa shape index (κ2) is 7.99. The van der Waals surface area contributed by atoms with Crippen LogP contribution in [-0.4, -0.2) is 24.0 Å². The summed E-state index contributed by atoms with van der Waals surface area (Å²) in [7, 11) is 0. The van der Waals surface area contributed by atoms with Crippen LogP contribution in [0.4, 0.5) is 0 Å². The van der Waals surface area contributed by atoms with Gasteiger partial charge in [0.2, 0.25) is 0 Å². The SMILES string of the molecule is O=C(NC(c1ccc(Cl)c(Cl)c1)C1CCNCC1)c1ccc2[nH]c(=O)oc2c1. The molecule has 4 rings (SSSR count). The summed E-state index contributed by atoms with van der Waals surface area (Å²) in [5.74, 6) is -0.507. The molecule has 1 aliphatic rings. The minimum atomic E-state index is -0.545. The van der Waals surface area contributed by atoms with Crippen molar-refractivity contribution < 1.29 is 9.21 Å². The van der Waals surface area contributed by atoms with E-state index in [1.807, 2.05) is 12.1 Å². The third-order valence-corrected chi connectivity index (χ3v) is 5.87. The van der Waals surface area contributed by atoms with Gasteiger partial charge in [0.1, 0.15) is 0 Å². The van der Waals surface area contributed by atoms with E-state index < -0.39 is 5.76 Å². The normalized spacial score (nSPS) is 16.2. The monoisotopic (exact) mass is 419 g/mol. The summed E-state index contributed by atoms with van der Waals surface area (Å²) in [5.41, 5.74) is 2.25. The van der Waals surface area contributed by atoms with Gasteiger partial charge in [0.05, 0.1) is 21.6 Å². The van der Waals surface area contributed by atoms with Gasteiger partial charge in [0.25, 0.3) is 5.91 Å². The Kier molecular flexibility index (Phi) is 5.44. The molecule has 1 aromatic heterocycles. The molecule has 0 aliphatic carbocycles. The molecular formula is C20H19Cl2N3O3. The van der Waals surface area contributed by atoms with E-state index in [0.717, 1.165) is 31.5 Å². The predicted octanol–water partition coefficient (Wildman–Crippen LogP) is 3.90. The van der Waals surface area contributed by atoms with Crippen LogP contribution in [0.1, 0.15) is 34.8 Å². The first-order chi connectivity index (χ1) is 13.5. The Bertz CT molecular complexity index is 1070. The maximum absolute atomic E-state index is 13.0. The number of nitrogens with one attached hydrogen (secondary N) is 3. The molecule has 1 atom stereocenters. The summed E-state index contributed by atoms with van der Waals surface area (Å²) in [6, 6.07) is 10.2. The Hall–Kier alpha value is -2.28. The van der Waals surface area contributed by atoms with Crippen molar-refractivity contribution in [2.24, 2.45) is 5.92 Å². The number of rotatable bonds is 4. The number of hydrogen-bond donors (Lipinski definition) is 3. The highest BCUT2D eigenvalue weighted by Gasteiger charge is 2.27. The number of aromatic amines is 1. The molecule has 1 unspecified atom stereocenters. The maximum atomic E-state index is 13.0. The second-order valence-electron chi connectivity index (χ2n) is 6.94. The number of aromatic nitrogens is 1. The number of carbonyl (C=O) groups is 1. The van der Waals surface area contributed by atoms with Gasteiger partial charge in [-0.25, -0.2) is 4.79 Å². The molecule has 0 saturated carbocycles. The van der Waals surface area contributed by atoms with Crippen molar-refractivity contribution >= 4 is 40.2 Å². The fraction of sp³-hybridized carbons (Fsp3) is 0.300. The van der Waals surface area contributed by atoms with Gasteiger partial charge in [-0.1, -0.05) is 29.3 Å². The molecule has 2 heterocycles. The van der Waals surface area contributed by atoms with Gasteiger partial charge in [-0.05, 0) is 67.7 Å². The van der Waals surface area contributed by atoms with Crippen LogP contribution in [0.3, 0.4) is 0 Å². The zero-order chi connectivity index (χ0) is 19.7.